The summed E-state index contributed by atoms with van der Waals surface area (Å²) in [6.07, 6.45) is 1.61. The molecule has 27 heavy (non-hydrogen) atoms. The average Bonchev–Trinajstić information content (AvgIpc) is 2.91. The summed E-state index contributed by atoms with van der Waals surface area (Å²) in [5.74, 6) is -0.975. The molecule has 1 fully saturated rings. The van der Waals surface area contributed by atoms with Gasteiger partial charge >= 0.3 is 0 Å². The minimum absolute atomic E-state index is 0.0309. The molecule has 0 atom stereocenters. The topological polar surface area (TPSA) is 63.1 Å². The van der Waals surface area contributed by atoms with E-state index in [4.69, 9.17) is 12.2 Å². The van der Waals surface area contributed by atoms with Crippen LogP contribution in [0.25, 0.3) is 22.5 Å². The van der Waals surface area contributed by atoms with Crippen molar-refractivity contribution in [1.29, 1.82) is 0 Å². The molecule has 0 aliphatic carbocycles. The Hall–Kier alpha value is -3.25. The fourth-order valence-corrected chi connectivity index (χ4v) is 3.66. The van der Waals surface area contributed by atoms with Gasteiger partial charge in [-0.05, 0) is 55.2 Å². The molecule has 1 aliphatic rings. The van der Waals surface area contributed by atoms with E-state index in [-0.39, 0.29) is 10.7 Å². The molecule has 4 rings (SSSR count). The van der Waals surface area contributed by atoms with Crippen LogP contribution in [-0.2, 0) is 9.59 Å². The van der Waals surface area contributed by atoms with Crippen LogP contribution in [0.2, 0.25) is 0 Å². The highest BCUT2D eigenvalue weighted by Gasteiger charge is 2.26. The average molecular weight is 375 g/mol. The Bertz CT molecular complexity index is 1130. The van der Waals surface area contributed by atoms with Gasteiger partial charge < -0.3 is 4.57 Å². The second-order valence-corrected chi connectivity index (χ2v) is 6.86. The maximum absolute atomic E-state index is 12.1. The highest BCUT2D eigenvalue weighted by molar-refractivity contribution is 7.80. The third-order valence-electron chi connectivity index (χ3n) is 4.72. The van der Waals surface area contributed by atoms with Gasteiger partial charge in [0.1, 0.15) is 5.57 Å². The van der Waals surface area contributed by atoms with Gasteiger partial charge in [0, 0.05) is 16.8 Å². The number of benzene rings is 2. The number of fused-ring (bicyclic) bond motifs is 1. The molecule has 0 bridgehead atoms. The van der Waals surface area contributed by atoms with Gasteiger partial charge in [0.2, 0.25) is 0 Å². The van der Waals surface area contributed by atoms with Crippen molar-refractivity contribution in [3.8, 4) is 5.69 Å². The van der Waals surface area contributed by atoms with Crippen LogP contribution < -0.4 is 10.6 Å². The highest BCUT2D eigenvalue weighted by Crippen LogP contribution is 2.28. The standard InChI is InChI=1S/C21H17N3O2S/c1-12-10-15(11-17-19(25)22-21(27)23-20(17)26)13(2)24(12)18-9-5-7-14-6-3-4-8-16(14)18/h3-11H,1-2H3,(H2,22,23,25,26,27). The first-order valence-electron chi connectivity index (χ1n) is 8.51. The van der Waals surface area contributed by atoms with Crippen molar-refractivity contribution in [2.75, 3.05) is 0 Å². The van der Waals surface area contributed by atoms with Crippen LogP contribution in [0.15, 0.2) is 54.1 Å². The van der Waals surface area contributed by atoms with E-state index < -0.39 is 11.8 Å². The normalized spacial score (nSPS) is 14.3. The Labute approximate surface area is 161 Å². The van der Waals surface area contributed by atoms with E-state index in [0.717, 1.165) is 33.4 Å². The lowest BCUT2D eigenvalue weighted by atomic mass is 10.1. The summed E-state index contributed by atoms with van der Waals surface area (Å²) in [6, 6.07) is 16.3. The van der Waals surface area contributed by atoms with E-state index >= 15 is 0 Å². The molecule has 0 radical (unpaired) electrons. The second kappa shape index (κ2) is 6.48. The summed E-state index contributed by atoms with van der Waals surface area (Å²) in [7, 11) is 0. The third-order valence-corrected chi connectivity index (χ3v) is 4.93. The number of aromatic nitrogens is 1. The first-order valence-corrected chi connectivity index (χ1v) is 8.92. The quantitative estimate of drug-likeness (QED) is 0.411. The zero-order chi connectivity index (χ0) is 19.1. The summed E-state index contributed by atoms with van der Waals surface area (Å²) < 4.78 is 2.14. The lowest BCUT2D eigenvalue weighted by molar-refractivity contribution is -0.123. The Balaban J connectivity index is 1.86. The Morgan fingerprint density at radius 1 is 0.963 bits per heavy atom. The van der Waals surface area contributed by atoms with E-state index in [1.807, 2.05) is 38.1 Å². The van der Waals surface area contributed by atoms with E-state index in [1.165, 1.54) is 0 Å². The molecule has 1 aliphatic heterocycles. The summed E-state index contributed by atoms with van der Waals surface area (Å²) >= 11 is 4.84. The first-order chi connectivity index (χ1) is 13.0. The first kappa shape index (κ1) is 17.2. The van der Waals surface area contributed by atoms with Crippen molar-refractivity contribution < 1.29 is 9.59 Å². The van der Waals surface area contributed by atoms with Gasteiger partial charge in [0.05, 0.1) is 5.69 Å². The number of hydrogen-bond acceptors (Lipinski definition) is 3. The van der Waals surface area contributed by atoms with Crippen LogP contribution in [-0.4, -0.2) is 21.5 Å². The molecule has 1 aromatic heterocycles. The minimum atomic E-state index is -0.487. The molecule has 3 aromatic rings. The molecule has 1 saturated heterocycles. The molecule has 0 unspecified atom stereocenters. The number of thiocarbonyl (C=S) groups is 1. The van der Waals surface area contributed by atoms with Crippen LogP contribution in [0.3, 0.4) is 0 Å². The number of carbonyl (C=O) groups is 2. The molecule has 0 saturated carbocycles. The summed E-state index contributed by atoms with van der Waals surface area (Å²) in [6.45, 7) is 3.98. The number of rotatable bonds is 2. The van der Waals surface area contributed by atoms with Crippen molar-refractivity contribution in [2.24, 2.45) is 0 Å². The van der Waals surface area contributed by atoms with Crippen LogP contribution in [0.1, 0.15) is 17.0 Å². The maximum Gasteiger partial charge on any atom is 0.263 e. The van der Waals surface area contributed by atoms with Gasteiger partial charge in [-0.2, -0.15) is 0 Å². The van der Waals surface area contributed by atoms with Crippen molar-refractivity contribution in [2.45, 2.75) is 13.8 Å². The van der Waals surface area contributed by atoms with E-state index in [9.17, 15) is 9.59 Å². The number of nitrogens with one attached hydrogen (secondary N) is 2. The van der Waals surface area contributed by atoms with Crippen LogP contribution in [0, 0.1) is 13.8 Å². The summed E-state index contributed by atoms with van der Waals surface area (Å²) in [5, 5.41) is 7.25. The smallest absolute Gasteiger partial charge is 0.263 e. The maximum atomic E-state index is 12.1. The molecular weight excluding hydrogens is 358 g/mol. The van der Waals surface area contributed by atoms with Gasteiger partial charge in [-0.3, -0.25) is 20.2 Å². The van der Waals surface area contributed by atoms with Gasteiger partial charge in [-0.25, -0.2) is 0 Å². The third kappa shape index (κ3) is 2.94. The number of nitrogens with zero attached hydrogens (tertiary/aromatic N) is 1. The zero-order valence-electron chi connectivity index (χ0n) is 14.9. The van der Waals surface area contributed by atoms with Gasteiger partial charge in [0.15, 0.2) is 5.11 Å². The lowest BCUT2D eigenvalue weighted by Gasteiger charge is -2.16. The molecule has 2 aromatic carbocycles. The van der Waals surface area contributed by atoms with Crippen LogP contribution in [0.5, 0.6) is 0 Å². The van der Waals surface area contributed by atoms with Gasteiger partial charge in [-0.1, -0.05) is 36.4 Å². The number of aryl methyl sites for hydroxylation is 1. The zero-order valence-corrected chi connectivity index (χ0v) is 15.7. The molecule has 2 heterocycles. The molecule has 0 spiro atoms. The molecule has 5 nitrogen and oxygen atoms in total. The molecule has 2 amide bonds. The monoisotopic (exact) mass is 375 g/mol. The van der Waals surface area contributed by atoms with Crippen LogP contribution in [0.4, 0.5) is 0 Å². The van der Waals surface area contributed by atoms with Crippen molar-refractivity contribution in [1.82, 2.24) is 15.2 Å². The van der Waals surface area contributed by atoms with Crippen molar-refractivity contribution in [3.63, 3.8) is 0 Å². The van der Waals surface area contributed by atoms with E-state index in [1.54, 1.807) is 6.08 Å². The molecule has 2 N–H and O–H groups in total. The van der Waals surface area contributed by atoms with Gasteiger partial charge in [0.25, 0.3) is 11.8 Å². The molecule has 134 valence electrons. The fraction of sp³-hybridized carbons (Fsp3) is 0.0952. The minimum Gasteiger partial charge on any atom is -0.317 e. The molecule has 6 heteroatoms. The SMILES string of the molecule is Cc1cc(C=C2C(=O)NC(=S)NC2=O)c(C)n1-c1cccc2ccccc12. The predicted molar refractivity (Wildman–Crippen MR) is 110 cm³/mol. The van der Waals surface area contributed by atoms with Gasteiger partial charge in [-0.15, -0.1) is 0 Å². The van der Waals surface area contributed by atoms with E-state index in [0.29, 0.717) is 0 Å². The Morgan fingerprint density at radius 3 is 2.37 bits per heavy atom. The Morgan fingerprint density at radius 2 is 1.63 bits per heavy atom. The number of amides is 2. The van der Waals surface area contributed by atoms with E-state index in [2.05, 4.69) is 39.5 Å². The summed E-state index contributed by atoms with van der Waals surface area (Å²) in [5.41, 5.74) is 3.88. The lowest BCUT2D eigenvalue weighted by Crippen LogP contribution is -2.51. The van der Waals surface area contributed by atoms with Crippen LogP contribution >= 0.6 is 12.2 Å². The highest BCUT2D eigenvalue weighted by atomic mass is 32.1. The van der Waals surface area contributed by atoms with Crippen molar-refractivity contribution in [3.05, 3.63) is 71.1 Å². The summed E-state index contributed by atoms with van der Waals surface area (Å²) in [4.78, 5) is 24.3. The number of carbonyl (C=O) groups excluding carboxylic acids is 2. The molecular formula is C21H17N3O2S. The second-order valence-electron chi connectivity index (χ2n) is 6.46. The largest absolute Gasteiger partial charge is 0.317 e. The Kier molecular flexibility index (Phi) is 4.12. The predicted octanol–water partition coefficient (Wildman–Crippen LogP) is 3.16. The number of hydrogen-bond donors (Lipinski definition) is 2. The van der Waals surface area contributed by atoms with Crippen molar-refractivity contribution >= 4 is 46.0 Å². The fourth-order valence-electron chi connectivity index (χ4n) is 3.47.